The van der Waals surface area contributed by atoms with Crippen LogP contribution in [0.15, 0.2) is 41.0 Å². The van der Waals surface area contributed by atoms with Gasteiger partial charge in [-0.2, -0.15) is 0 Å². The van der Waals surface area contributed by atoms with Crippen LogP contribution >= 0.6 is 0 Å². The summed E-state index contributed by atoms with van der Waals surface area (Å²) in [6.07, 6.45) is 1.19. The summed E-state index contributed by atoms with van der Waals surface area (Å²) in [5.41, 5.74) is 0.687. The first kappa shape index (κ1) is 16.8. The molecule has 0 bridgehead atoms. The summed E-state index contributed by atoms with van der Waals surface area (Å²) in [5.74, 6) is -0.599. The number of rotatable bonds is 5. The van der Waals surface area contributed by atoms with Gasteiger partial charge in [-0.1, -0.05) is 6.92 Å². The Morgan fingerprint density at radius 3 is 2.72 bits per heavy atom. The molecule has 25 heavy (non-hydrogen) atoms. The Morgan fingerprint density at radius 1 is 1.28 bits per heavy atom. The summed E-state index contributed by atoms with van der Waals surface area (Å²) in [6, 6.07) is 7.91. The van der Waals surface area contributed by atoms with E-state index in [1.807, 2.05) is 6.92 Å². The molecule has 1 amide bonds. The molecular weight excluding hydrogens is 326 g/mol. The van der Waals surface area contributed by atoms with Crippen molar-refractivity contribution in [1.29, 1.82) is 0 Å². The number of nitrogens with zero attached hydrogens (tertiary/aromatic N) is 1. The Hall–Kier alpha value is -3.09. The second kappa shape index (κ2) is 6.80. The van der Waals surface area contributed by atoms with Crippen molar-refractivity contribution in [1.82, 2.24) is 0 Å². The van der Waals surface area contributed by atoms with Gasteiger partial charge in [0.1, 0.15) is 12.3 Å². The third kappa shape index (κ3) is 3.13. The third-order valence-electron chi connectivity index (χ3n) is 3.95. The van der Waals surface area contributed by atoms with E-state index in [1.165, 1.54) is 24.3 Å². The predicted octanol–water partition coefficient (Wildman–Crippen LogP) is 2.19. The number of ketones is 1. The lowest BCUT2D eigenvalue weighted by Crippen LogP contribution is -2.48. The molecule has 3 rings (SSSR count). The zero-order valence-corrected chi connectivity index (χ0v) is 13.9. The third-order valence-corrected chi connectivity index (χ3v) is 3.95. The van der Waals surface area contributed by atoms with Crippen molar-refractivity contribution in [2.24, 2.45) is 0 Å². The van der Waals surface area contributed by atoms with E-state index in [-0.39, 0.29) is 24.0 Å². The van der Waals surface area contributed by atoms with Gasteiger partial charge in [-0.15, -0.1) is 0 Å². The average Bonchev–Trinajstić information content (AvgIpc) is 3.17. The number of hydrogen-bond donors (Lipinski definition) is 0. The summed E-state index contributed by atoms with van der Waals surface area (Å²) in [4.78, 5) is 38.0. The van der Waals surface area contributed by atoms with E-state index in [0.717, 1.165) is 0 Å². The molecule has 1 aliphatic heterocycles. The Balaban J connectivity index is 2.01. The van der Waals surface area contributed by atoms with Crippen LogP contribution in [0, 0.1) is 0 Å². The number of anilines is 1. The summed E-state index contributed by atoms with van der Waals surface area (Å²) in [7, 11) is 1.25. The quantitative estimate of drug-likeness (QED) is 0.611. The molecule has 7 nitrogen and oxygen atoms in total. The standard InChI is InChI=1S/C18H17NO6/c1-3-13-18(22)19(10-16(20)23-2)12-9-11(6-7-14(12)25-13)17(21)15-5-4-8-24-15/h4-9,13H,3,10H2,1-2H3/t13-/m1/s1. The molecule has 0 spiro atoms. The smallest absolute Gasteiger partial charge is 0.325 e. The Morgan fingerprint density at radius 2 is 2.08 bits per heavy atom. The van der Waals surface area contributed by atoms with Crippen LogP contribution in [0.2, 0.25) is 0 Å². The van der Waals surface area contributed by atoms with Gasteiger partial charge < -0.3 is 13.9 Å². The largest absolute Gasteiger partial charge is 0.478 e. The van der Waals surface area contributed by atoms with Gasteiger partial charge in [0.2, 0.25) is 5.78 Å². The second-order valence-electron chi connectivity index (χ2n) is 5.50. The number of hydrogen-bond acceptors (Lipinski definition) is 6. The van der Waals surface area contributed by atoms with E-state index in [9.17, 15) is 14.4 Å². The number of ether oxygens (including phenoxy) is 2. The molecule has 2 heterocycles. The van der Waals surface area contributed by atoms with Gasteiger partial charge in [-0.05, 0) is 36.8 Å². The Labute approximate surface area is 144 Å². The lowest BCUT2D eigenvalue weighted by molar-refractivity contribution is -0.140. The molecule has 0 aliphatic carbocycles. The molecule has 1 aromatic heterocycles. The molecule has 1 aromatic carbocycles. The van der Waals surface area contributed by atoms with Crippen LogP contribution in [-0.4, -0.2) is 37.4 Å². The Kier molecular flexibility index (Phi) is 4.56. The van der Waals surface area contributed by atoms with Gasteiger partial charge >= 0.3 is 5.97 Å². The van der Waals surface area contributed by atoms with E-state index < -0.39 is 12.1 Å². The minimum absolute atomic E-state index is 0.189. The molecule has 0 saturated carbocycles. The van der Waals surface area contributed by atoms with Gasteiger partial charge in [-0.3, -0.25) is 19.3 Å². The number of amides is 1. The van der Waals surface area contributed by atoms with Crippen molar-refractivity contribution in [3.8, 4) is 5.75 Å². The molecule has 0 saturated heterocycles. The van der Waals surface area contributed by atoms with Gasteiger partial charge in [0, 0.05) is 5.56 Å². The molecular formula is C18H17NO6. The van der Waals surface area contributed by atoms with Crippen molar-refractivity contribution >= 4 is 23.3 Å². The van der Waals surface area contributed by atoms with Crippen LogP contribution in [0.5, 0.6) is 5.75 Å². The van der Waals surface area contributed by atoms with E-state index in [4.69, 9.17) is 9.15 Å². The lowest BCUT2D eigenvalue weighted by Gasteiger charge is -2.33. The number of furan rings is 1. The number of methoxy groups -OCH3 is 1. The lowest BCUT2D eigenvalue weighted by atomic mass is 10.0. The van der Waals surface area contributed by atoms with Crippen LogP contribution in [-0.2, 0) is 14.3 Å². The van der Waals surface area contributed by atoms with Crippen molar-refractivity contribution in [3.63, 3.8) is 0 Å². The highest BCUT2D eigenvalue weighted by Crippen LogP contribution is 2.36. The van der Waals surface area contributed by atoms with E-state index in [0.29, 0.717) is 23.4 Å². The number of carbonyl (C=O) groups excluding carboxylic acids is 3. The van der Waals surface area contributed by atoms with E-state index in [1.54, 1.807) is 24.3 Å². The minimum Gasteiger partial charge on any atom is -0.478 e. The summed E-state index contributed by atoms with van der Waals surface area (Å²) in [5, 5.41) is 0. The Bertz CT molecular complexity index is 811. The molecule has 0 N–H and O–H groups in total. The average molecular weight is 343 g/mol. The SMILES string of the molecule is CC[C@H]1Oc2ccc(C(=O)c3ccco3)cc2N(CC(=O)OC)C1=O. The van der Waals surface area contributed by atoms with Crippen molar-refractivity contribution in [2.75, 3.05) is 18.6 Å². The van der Waals surface area contributed by atoms with Gasteiger partial charge in [0.05, 0.1) is 19.1 Å². The topological polar surface area (TPSA) is 86.1 Å². The van der Waals surface area contributed by atoms with Crippen molar-refractivity contribution in [3.05, 3.63) is 47.9 Å². The van der Waals surface area contributed by atoms with Gasteiger partial charge in [-0.25, -0.2) is 0 Å². The molecule has 130 valence electrons. The van der Waals surface area contributed by atoms with Crippen LogP contribution in [0.3, 0.4) is 0 Å². The summed E-state index contributed by atoms with van der Waals surface area (Å²) >= 11 is 0. The fraction of sp³-hybridized carbons (Fsp3) is 0.278. The maximum Gasteiger partial charge on any atom is 0.325 e. The first-order valence-electron chi connectivity index (χ1n) is 7.82. The molecule has 2 aromatic rings. The zero-order chi connectivity index (χ0) is 18.0. The van der Waals surface area contributed by atoms with Gasteiger partial charge in [0.25, 0.3) is 5.91 Å². The van der Waals surface area contributed by atoms with Crippen LogP contribution in [0.25, 0.3) is 0 Å². The molecule has 0 unspecified atom stereocenters. The highest BCUT2D eigenvalue weighted by Gasteiger charge is 2.35. The fourth-order valence-electron chi connectivity index (χ4n) is 2.63. The van der Waals surface area contributed by atoms with Gasteiger partial charge in [0.15, 0.2) is 11.9 Å². The number of benzene rings is 1. The monoisotopic (exact) mass is 343 g/mol. The summed E-state index contributed by atoms with van der Waals surface area (Å²) < 4.78 is 15.5. The van der Waals surface area contributed by atoms with Crippen LogP contribution in [0.4, 0.5) is 5.69 Å². The fourth-order valence-corrected chi connectivity index (χ4v) is 2.63. The van der Waals surface area contributed by atoms with E-state index in [2.05, 4.69) is 4.74 Å². The molecule has 0 fully saturated rings. The van der Waals surface area contributed by atoms with Crippen LogP contribution < -0.4 is 9.64 Å². The van der Waals surface area contributed by atoms with E-state index >= 15 is 0 Å². The molecule has 7 heteroatoms. The number of esters is 1. The first-order chi connectivity index (χ1) is 12.0. The normalized spacial score (nSPS) is 16.2. The number of fused-ring (bicyclic) bond motifs is 1. The first-order valence-corrected chi connectivity index (χ1v) is 7.82. The predicted molar refractivity (Wildman–Crippen MR) is 87.7 cm³/mol. The molecule has 0 radical (unpaired) electrons. The second-order valence-corrected chi connectivity index (χ2v) is 5.50. The highest BCUT2D eigenvalue weighted by molar-refractivity contribution is 6.09. The van der Waals surface area contributed by atoms with Crippen molar-refractivity contribution < 1.29 is 28.3 Å². The summed E-state index contributed by atoms with van der Waals surface area (Å²) in [6.45, 7) is 1.57. The minimum atomic E-state index is -0.677. The van der Waals surface area contributed by atoms with Crippen LogP contribution in [0.1, 0.15) is 29.5 Å². The molecule has 1 atom stereocenters. The maximum absolute atomic E-state index is 12.6. The maximum atomic E-state index is 12.6. The molecule has 1 aliphatic rings. The zero-order valence-electron chi connectivity index (χ0n) is 13.9. The highest BCUT2D eigenvalue weighted by atomic mass is 16.5. The number of carbonyl (C=O) groups is 3. The van der Waals surface area contributed by atoms with Crippen molar-refractivity contribution in [2.45, 2.75) is 19.4 Å².